The summed E-state index contributed by atoms with van der Waals surface area (Å²) in [4.78, 5) is 0.194. The van der Waals surface area contributed by atoms with Crippen LogP contribution in [0.3, 0.4) is 0 Å². The van der Waals surface area contributed by atoms with E-state index < -0.39 is 15.6 Å². The smallest absolute Gasteiger partial charge is 0.241 e. The predicted molar refractivity (Wildman–Crippen MR) is 70.4 cm³/mol. The minimum Gasteiger partial charge on any atom is -0.394 e. The number of rotatable bonds is 4. The second kappa shape index (κ2) is 5.06. The maximum atomic E-state index is 12.0. The predicted octanol–water partition coefficient (Wildman–Crippen LogP) is 1.81. The van der Waals surface area contributed by atoms with Crippen molar-refractivity contribution < 1.29 is 13.5 Å². The first-order valence-electron chi connectivity index (χ1n) is 5.09. The molecular weight excluding hydrogens is 306 g/mol. The molecule has 0 heterocycles. The first-order valence-corrected chi connectivity index (χ1v) is 7.36. The molecule has 0 atom stereocenters. The number of aliphatic hydroxyl groups is 1. The number of benzene rings is 1. The summed E-state index contributed by atoms with van der Waals surface area (Å²) in [6, 6.07) is 4.79. The zero-order chi connectivity index (χ0) is 13.3. The number of sulfonamides is 1. The largest absolute Gasteiger partial charge is 0.394 e. The lowest BCUT2D eigenvalue weighted by Crippen LogP contribution is -2.46. The van der Waals surface area contributed by atoms with Crippen molar-refractivity contribution >= 4 is 26.0 Å². The zero-order valence-electron chi connectivity index (χ0n) is 9.99. The Balaban J connectivity index is 3.10. The average molecular weight is 322 g/mol. The molecule has 0 aliphatic carbocycles. The summed E-state index contributed by atoms with van der Waals surface area (Å²) in [6.07, 6.45) is 0. The zero-order valence-corrected chi connectivity index (χ0v) is 12.4. The lowest BCUT2D eigenvalue weighted by atomic mass is 10.1. The van der Waals surface area contributed by atoms with E-state index in [0.29, 0.717) is 0 Å². The first kappa shape index (κ1) is 14.6. The molecule has 1 aromatic carbocycles. The fourth-order valence-corrected chi connectivity index (χ4v) is 2.97. The van der Waals surface area contributed by atoms with E-state index in [0.717, 1.165) is 10.0 Å². The van der Waals surface area contributed by atoms with Crippen molar-refractivity contribution in [3.63, 3.8) is 0 Å². The molecule has 4 nitrogen and oxygen atoms in total. The number of hydrogen-bond acceptors (Lipinski definition) is 3. The Morgan fingerprint density at radius 3 is 2.47 bits per heavy atom. The highest BCUT2D eigenvalue weighted by Gasteiger charge is 2.25. The molecule has 0 saturated carbocycles. The van der Waals surface area contributed by atoms with Crippen LogP contribution in [-0.4, -0.2) is 25.7 Å². The van der Waals surface area contributed by atoms with Gasteiger partial charge in [0, 0.05) is 4.47 Å². The molecule has 1 aromatic rings. The van der Waals surface area contributed by atoms with Gasteiger partial charge >= 0.3 is 0 Å². The molecule has 0 bridgehead atoms. The molecular formula is C11H16BrNO3S. The molecule has 0 aliphatic rings. The van der Waals surface area contributed by atoms with Crippen LogP contribution in [-0.2, 0) is 10.0 Å². The summed E-state index contributed by atoms with van der Waals surface area (Å²) in [5.41, 5.74) is -0.0329. The Bertz CT molecular complexity index is 511. The van der Waals surface area contributed by atoms with E-state index >= 15 is 0 Å². The van der Waals surface area contributed by atoms with Gasteiger partial charge in [0.05, 0.1) is 17.0 Å². The van der Waals surface area contributed by atoms with E-state index in [9.17, 15) is 8.42 Å². The molecule has 0 fully saturated rings. The normalized spacial score (nSPS) is 12.8. The van der Waals surface area contributed by atoms with Crippen LogP contribution in [0.5, 0.6) is 0 Å². The van der Waals surface area contributed by atoms with Crippen LogP contribution >= 0.6 is 15.9 Å². The van der Waals surface area contributed by atoms with Crippen molar-refractivity contribution in [3.8, 4) is 0 Å². The summed E-state index contributed by atoms with van der Waals surface area (Å²) < 4.78 is 27.4. The van der Waals surface area contributed by atoms with Crippen LogP contribution in [0.2, 0.25) is 0 Å². The lowest BCUT2D eigenvalue weighted by Gasteiger charge is -2.23. The molecule has 96 valence electrons. The van der Waals surface area contributed by atoms with Crippen molar-refractivity contribution in [2.75, 3.05) is 6.61 Å². The van der Waals surface area contributed by atoms with Crippen molar-refractivity contribution in [1.82, 2.24) is 4.72 Å². The molecule has 1 rings (SSSR count). The van der Waals surface area contributed by atoms with Gasteiger partial charge in [-0.3, -0.25) is 0 Å². The maximum absolute atomic E-state index is 12.0. The number of halogens is 1. The van der Waals surface area contributed by atoms with Crippen molar-refractivity contribution in [2.24, 2.45) is 0 Å². The summed E-state index contributed by atoms with van der Waals surface area (Å²) in [5, 5.41) is 9.07. The topological polar surface area (TPSA) is 66.4 Å². The van der Waals surface area contributed by atoms with Crippen molar-refractivity contribution in [1.29, 1.82) is 0 Å². The van der Waals surface area contributed by atoms with E-state index in [1.165, 1.54) is 6.07 Å². The van der Waals surface area contributed by atoms with Gasteiger partial charge in [-0.15, -0.1) is 0 Å². The van der Waals surface area contributed by atoms with Crippen LogP contribution in [0.1, 0.15) is 19.4 Å². The summed E-state index contributed by atoms with van der Waals surface area (Å²) in [5.74, 6) is 0. The molecule has 0 amide bonds. The highest BCUT2D eigenvalue weighted by Crippen LogP contribution is 2.20. The van der Waals surface area contributed by atoms with E-state index in [2.05, 4.69) is 20.7 Å². The quantitative estimate of drug-likeness (QED) is 0.888. The summed E-state index contributed by atoms with van der Waals surface area (Å²) in [7, 11) is -3.60. The Kier molecular flexibility index (Phi) is 4.35. The molecule has 0 aliphatic heterocycles. The highest BCUT2D eigenvalue weighted by atomic mass is 79.9. The first-order chi connectivity index (χ1) is 7.68. The monoisotopic (exact) mass is 321 g/mol. The van der Waals surface area contributed by atoms with Crippen LogP contribution in [0, 0.1) is 6.92 Å². The standard InChI is InChI=1S/C11H16BrNO3S/c1-8-6-9(4-5-10(8)12)17(15,16)13-11(2,3)7-14/h4-6,13-14H,7H2,1-3H3. The fourth-order valence-electron chi connectivity index (χ4n) is 1.24. The lowest BCUT2D eigenvalue weighted by molar-refractivity contribution is 0.208. The number of hydrogen-bond donors (Lipinski definition) is 2. The van der Waals surface area contributed by atoms with E-state index in [-0.39, 0.29) is 11.5 Å². The Labute approximate surface area is 110 Å². The van der Waals surface area contributed by atoms with E-state index in [1.807, 2.05) is 6.92 Å². The van der Waals surface area contributed by atoms with E-state index in [1.54, 1.807) is 26.0 Å². The summed E-state index contributed by atoms with van der Waals surface area (Å²) >= 11 is 3.32. The maximum Gasteiger partial charge on any atom is 0.241 e. The average Bonchev–Trinajstić information content (AvgIpc) is 2.20. The van der Waals surface area contributed by atoms with Crippen LogP contribution < -0.4 is 4.72 Å². The van der Waals surface area contributed by atoms with Crippen LogP contribution in [0.4, 0.5) is 0 Å². The highest BCUT2D eigenvalue weighted by molar-refractivity contribution is 9.10. The minimum absolute atomic E-state index is 0.194. The molecule has 2 N–H and O–H groups in total. The third-order valence-electron chi connectivity index (χ3n) is 2.25. The number of aryl methyl sites for hydroxylation is 1. The van der Waals surface area contributed by atoms with Crippen LogP contribution in [0.15, 0.2) is 27.6 Å². The Morgan fingerprint density at radius 2 is 2.00 bits per heavy atom. The van der Waals surface area contributed by atoms with Gasteiger partial charge < -0.3 is 5.11 Å². The molecule has 0 saturated heterocycles. The van der Waals surface area contributed by atoms with E-state index in [4.69, 9.17) is 5.11 Å². The fraction of sp³-hybridized carbons (Fsp3) is 0.455. The molecule has 17 heavy (non-hydrogen) atoms. The third kappa shape index (κ3) is 3.77. The molecule has 0 spiro atoms. The molecule has 0 unspecified atom stereocenters. The van der Waals surface area contributed by atoms with Gasteiger partial charge in [-0.1, -0.05) is 15.9 Å². The van der Waals surface area contributed by atoms with Gasteiger partial charge in [0.15, 0.2) is 0 Å². The van der Waals surface area contributed by atoms with Gasteiger partial charge in [-0.25, -0.2) is 13.1 Å². The Morgan fingerprint density at radius 1 is 1.41 bits per heavy atom. The van der Waals surface area contributed by atoms with Crippen LogP contribution in [0.25, 0.3) is 0 Å². The molecule has 0 radical (unpaired) electrons. The van der Waals surface area contributed by atoms with Gasteiger partial charge in [-0.2, -0.15) is 0 Å². The van der Waals surface area contributed by atoms with Gasteiger partial charge in [0.1, 0.15) is 0 Å². The van der Waals surface area contributed by atoms with Crippen molar-refractivity contribution in [3.05, 3.63) is 28.2 Å². The molecule has 0 aromatic heterocycles. The second-order valence-corrected chi connectivity index (χ2v) is 7.10. The minimum atomic E-state index is -3.60. The van der Waals surface area contributed by atoms with Gasteiger partial charge in [-0.05, 0) is 44.5 Å². The van der Waals surface area contributed by atoms with Gasteiger partial charge in [0.2, 0.25) is 10.0 Å². The number of nitrogens with one attached hydrogen (secondary N) is 1. The molecule has 6 heteroatoms. The van der Waals surface area contributed by atoms with Crippen molar-refractivity contribution in [2.45, 2.75) is 31.2 Å². The Hall–Kier alpha value is -0.430. The van der Waals surface area contributed by atoms with Gasteiger partial charge in [0.25, 0.3) is 0 Å². The summed E-state index contributed by atoms with van der Waals surface area (Å²) in [6.45, 7) is 4.80. The third-order valence-corrected chi connectivity index (χ3v) is 4.83. The number of aliphatic hydroxyl groups excluding tert-OH is 1. The SMILES string of the molecule is Cc1cc(S(=O)(=O)NC(C)(C)CO)ccc1Br. The second-order valence-electron chi connectivity index (χ2n) is 4.56.